The van der Waals surface area contributed by atoms with E-state index in [-0.39, 0.29) is 12.1 Å². The summed E-state index contributed by atoms with van der Waals surface area (Å²) >= 11 is 0. The summed E-state index contributed by atoms with van der Waals surface area (Å²) in [4.78, 5) is 18.3. The van der Waals surface area contributed by atoms with Crippen LogP contribution in [0.4, 0.5) is 4.79 Å². The fourth-order valence-corrected chi connectivity index (χ4v) is 2.94. The second-order valence-electron chi connectivity index (χ2n) is 7.28. The molecule has 0 spiro atoms. The van der Waals surface area contributed by atoms with Crippen LogP contribution in [0.2, 0.25) is 0 Å². The molecular weight excluding hydrogens is 318 g/mol. The van der Waals surface area contributed by atoms with E-state index >= 15 is 0 Å². The molecule has 0 bridgehead atoms. The number of piperidine rings is 1. The van der Waals surface area contributed by atoms with Gasteiger partial charge >= 0.3 is 6.09 Å². The number of pyridine rings is 1. The highest BCUT2D eigenvalue weighted by Crippen LogP contribution is 2.23. The number of carbonyl (C=O) groups excluding carboxylic acids is 1. The van der Waals surface area contributed by atoms with Gasteiger partial charge in [0.05, 0.1) is 6.61 Å². The van der Waals surface area contributed by atoms with Gasteiger partial charge in [0.25, 0.3) is 0 Å². The number of nitrogens with zero attached hydrogens (tertiary/aromatic N) is 3. The molecule has 0 unspecified atom stereocenters. The zero-order valence-electron chi connectivity index (χ0n) is 15.3. The third kappa shape index (κ3) is 5.93. The first-order valence-electron chi connectivity index (χ1n) is 8.88. The Bertz CT molecular complexity index is 619. The molecule has 1 aliphatic rings. The van der Waals surface area contributed by atoms with E-state index in [4.69, 9.17) is 14.7 Å². The van der Waals surface area contributed by atoms with Crippen LogP contribution in [0, 0.1) is 11.3 Å². The molecule has 1 aromatic rings. The average molecular weight is 345 g/mol. The summed E-state index contributed by atoms with van der Waals surface area (Å²) < 4.78 is 11.2. The van der Waals surface area contributed by atoms with E-state index in [0.717, 1.165) is 38.6 Å². The number of hydrogen-bond acceptors (Lipinski definition) is 5. The number of amides is 1. The van der Waals surface area contributed by atoms with Gasteiger partial charge in [-0.3, -0.25) is 0 Å². The molecule has 0 saturated carbocycles. The topological polar surface area (TPSA) is 75.4 Å². The Morgan fingerprint density at radius 3 is 2.96 bits per heavy atom. The van der Waals surface area contributed by atoms with Crippen LogP contribution >= 0.6 is 0 Å². The lowest BCUT2D eigenvalue weighted by Crippen LogP contribution is -2.46. The minimum atomic E-state index is -0.477. The Hall–Kier alpha value is -2.29. The van der Waals surface area contributed by atoms with E-state index < -0.39 is 5.60 Å². The summed E-state index contributed by atoms with van der Waals surface area (Å²) in [5.74, 6) is 0.373. The van der Waals surface area contributed by atoms with Gasteiger partial charge < -0.3 is 14.4 Å². The lowest BCUT2D eigenvalue weighted by atomic mass is 9.98. The highest BCUT2D eigenvalue weighted by molar-refractivity contribution is 5.68. The summed E-state index contributed by atoms with van der Waals surface area (Å²) in [6.45, 7) is 6.88. The summed E-state index contributed by atoms with van der Waals surface area (Å²) in [5, 5.41) is 9.04. The van der Waals surface area contributed by atoms with Crippen molar-refractivity contribution >= 4 is 6.09 Å². The fraction of sp³-hybridized carbons (Fsp3) is 0.632. The average Bonchev–Trinajstić information content (AvgIpc) is 2.58. The highest BCUT2D eigenvalue weighted by Gasteiger charge is 2.30. The monoisotopic (exact) mass is 345 g/mol. The van der Waals surface area contributed by atoms with Gasteiger partial charge in [-0.05, 0) is 65.0 Å². The first-order chi connectivity index (χ1) is 11.9. The van der Waals surface area contributed by atoms with Crippen LogP contribution in [0.15, 0.2) is 18.3 Å². The van der Waals surface area contributed by atoms with Crippen molar-refractivity contribution < 1.29 is 14.3 Å². The molecule has 2 rings (SSSR count). The molecule has 2 heterocycles. The molecule has 1 saturated heterocycles. The normalized spacial score (nSPS) is 17.7. The highest BCUT2D eigenvalue weighted by atomic mass is 16.6. The maximum absolute atomic E-state index is 12.4. The van der Waals surface area contributed by atoms with E-state index in [9.17, 15) is 4.79 Å². The molecule has 1 aliphatic heterocycles. The lowest BCUT2D eigenvalue weighted by Gasteiger charge is -2.36. The Morgan fingerprint density at radius 2 is 2.24 bits per heavy atom. The number of aromatic nitrogens is 1. The van der Waals surface area contributed by atoms with Gasteiger partial charge in [0.1, 0.15) is 17.2 Å². The van der Waals surface area contributed by atoms with Crippen molar-refractivity contribution in [3.05, 3.63) is 23.9 Å². The molecule has 0 radical (unpaired) electrons. The second kappa shape index (κ2) is 8.70. The van der Waals surface area contributed by atoms with E-state index in [2.05, 4.69) is 11.1 Å². The van der Waals surface area contributed by atoms with Crippen molar-refractivity contribution in [1.29, 1.82) is 5.26 Å². The zero-order chi connectivity index (χ0) is 18.3. The quantitative estimate of drug-likeness (QED) is 0.757. The number of rotatable bonds is 5. The van der Waals surface area contributed by atoms with Crippen LogP contribution in [-0.2, 0) is 4.74 Å². The fourth-order valence-electron chi connectivity index (χ4n) is 2.94. The van der Waals surface area contributed by atoms with Crippen molar-refractivity contribution in [2.75, 3.05) is 13.2 Å². The van der Waals surface area contributed by atoms with Crippen LogP contribution in [0.1, 0.15) is 58.4 Å². The Morgan fingerprint density at radius 1 is 1.44 bits per heavy atom. The molecule has 1 atom stereocenters. The molecule has 6 nitrogen and oxygen atoms in total. The minimum Gasteiger partial charge on any atom is -0.477 e. The molecule has 1 aromatic heterocycles. The Kier molecular flexibility index (Phi) is 6.63. The summed E-state index contributed by atoms with van der Waals surface area (Å²) in [6, 6.07) is 5.66. The van der Waals surface area contributed by atoms with E-state index in [1.165, 1.54) is 0 Å². The maximum Gasteiger partial charge on any atom is 0.410 e. The first kappa shape index (κ1) is 19.0. The molecule has 0 aromatic carbocycles. The van der Waals surface area contributed by atoms with Crippen molar-refractivity contribution in [2.24, 2.45) is 0 Å². The van der Waals surface area contributed by atoms with Crippen LogP contribution < -0.4 is 4.74 Å². The SMILES string of the molecule is CC(C)(C)OC(=O)N1CCCC[C@H]1CCCOc1ncccc1C#N. The summed E-state index contributed by atoms with van der Waals surface area (Å²) in [5.41, 5.74) is -0.0370. The Balaban J connectivity index is 1.83. The van der Waals surface area contributed by atoms with Crippen LogP contribution in [0.25, 0.3) is 0 Å². The molecule has 0 N–H and O–H groups in total. The predicted molar refractivity (Wildman–Crippen MR) is 94.3 cm³/mol. The molecule has 0 aliphatic carbocycles. The Labute approximate surface area is 149 Å². The molecule has 136 valence electrons. The van der Waals surface area contributed by atoms with Gasteiger partial charge in [-0.1, -0.05) is 0 Å². The van der Waals surface area contributed by atoms with Gasteiger partial charge in [0.15, 0.2) is 0 Å². The predicted octanol–water partition coefficient (Wildman–Crippen LogP) is 3.90. The van der Waals surface area contributed by atoms with Crippen LogP contribution in [0.3, 0.4) is 0 Å². The van der Waals surface area contributed by atoms with Gasteiger partial charge in [-0.25, -0.2) is 9.78 Å². The van der Waals surface area contributed by atoms with Crippen LogP contribution in [0.5, 0.6) is 5.88 Å². The second-order valence-corrected chi connectivity index (χ2v) is 7.28. The molecule has 6 heteroatoms. The van der Waals surface area contributed by atoms with Crippen molar-refractivity contribution in [1.82, 2.24) is 9.88 Å². The largest absolute Gasteiger partial charge is 0.477 e. The van der Waals surface area contributed by atoms with E-state index in [1.54, 1.807) is 18.3 Å². The van der Waals surface area contributed by atoms with Crippen molar-refractivity contribution in [3.8, 4) is 11.9 Å². The number of carbonyl (C=O) groups is 1. The van der Waals surface area contributed by atoms with Gasteiger partial charge in [-0.2, -0.15) is 5.26 Å². The number of hydrogen-bond donors (Lipinski definition) is 0. The zero-order valence-corrected chi connectivity index (χ0v) is 15.3. The van der Waals surface area contributed by atoms with Crippen molar-refractivity contribution in [3.63, 3.8) is 0 Å². The molecule has 25 heavy (non-hydrogen) atoms. The van der Waals surface area contributed by atoms with E-state index in [0.29, 0.717) is 18.1 Å². The van der Waals surface area contributed by atoms with E-state index in [1.807, 2.05) is 25.7 Å². The molecular formula is C19H27N3O3. The number of ether oxygens (including phenoxy) is 2. The lowest BCUT2D eigenvalue weighted by molar-refractivity contribution is 0.00822. The first-order valence-corrected chi connectivity index (χ1v) is 8.88. The summed E-state index contributed by atoms with van der Waals surface area (Å²) in [6.07, 6.45) is 6.18. The molecule has 1 fully saturated rings. The van der Waals surface area contributed by atoms with Gasteiger partial charge in [-0.15, -0.1) is 0 Å². The minimum absolute atomic E-state index is 0.186. The third-order valence-corrected chi connectivity index (χ3v) is 4.07. The number of likely N-dealkylation sites (tertiary alicyclic amines) is 1. The standard InChI is InChI=1S/C19H27N3O3/c1-19(2,3)25-18(23)22-12-5-4-9-16(22)10-7-13-24-17-15(14-20)8-6-11-21-17/h6,8,11,16H,4-5,7,9-10,12-13H2,1-3H3/t16-/m0/s1. The van der Waals surface area contributed by atoms with Gasteiger partial charge in [0.2, 0.25) is 5.88 Å². The smallest absolute Gasteiger partial charge is 0.410 e. The third-order valence-electron chi connectivity index (χ3n) is 4.07. The van der Waals surface area contributed by atoms with Gasteiger partial charge in [0, 0.05) is 18.8 Å². The maximum atomic E-state index is 12.4. The number of nitriles is 1. The van der Waals surface area contributed by atoms with Crippen molar-refractivity contribution in [2.45, 2.75) is 64.5 Å². The molecule has 1 amide bonds. The van der Waals surface area contributed by atoms with Crippen LogP contribution in [-0.4, -0.2) is 40.8 Å². The summed E-state index contributed by atoms with van der Waals surface area (Å²) in [7, 11) is 0.